The number of thiophene rings is 1. The molecule has 0 unspecified atom stereocenters. The molecule has 3 nitrogen and oxygen atoms in total. The number of halogens is 1. The van der Waals surface area contributed by atoms with Gasteiger partial charge in [0.2, 0.25) is 0 Å². The Morgan fingerprint density at radius 1 is 1.44 bits per heavy atom. The monoisotopic (exact) mass is 297 g/mol. The Kier molecular flexibility index (Phi) is 3.90. The van der Waals surface area contributed by atoms with Crippen LogP contribution in [-0.2, 0) is 13.0 Å². The van der Waals surface area contributed by atoms with Gasteiger partial charge in [-0.3, -0.25) is 0 Å². The second-order valence-electron chi connectivity index (χ2n) is 3.29. The quantitative estimate of drug-likeness (QED) is 0.939. The van der Waals surface area contributed by atoms with Gasteiger partial charge in [-0.05, 0) is 33.8 Å². The average molecular weight is 298 g/mol. The number of nitrogens with one attached hydrogen (secondary N) is 1. The summed E-state index contributed by atoms with van der Waals surface area (Å²) in [5.74, 6) is 0.882. The number of aryl methyl sites for hydroxylation is 1. The largest absolute Gasteiger partial charge is 0.365 e. The maximum atomic E-state index is 4.18. The van der Waals surface area contributed by atoms with E-state index in [0.29, 0.717) is 0 Å². The van der Waals surface area contributed by atoms with Crippen LogP contribution >= 0.6 is 27.3 Å². The number of nitrogens with zero attached hydrogens (tertiary/aromatic N) is 2. The van der Waals surface area contributed by atoms with Crippen molar-refractivity contribution in [3.8, 4) is 0 Å². The Labute approximate surface area is 107 Å². The Morgan fingerprint density at radius 3 is 3.00 bits per heavy atom. The maximum absolute atomic E-state index is 4.18. The molecule has 5 heteroatoms. The van der Waals surface area contributed by atoms with E-state index < -0.39 is 0 Å². The molecule has 2 rings (SSSR count). The number of hydrogen-bond acceptors (Lipinski definition) is 4. The molecule has 0 spiro atoms. The SMILES string of the molecule is CCc1cc(NCc2sccc2Br)ncn1. The zero-order valence-electron chi connectivity index (χ0n) is 8.90. The van der Waals surface area contributed by atoms with Gasteiger partial charge in [-0.2, -0.15) is 0 Å². The lowest BCUT2D eigenvalue weighted by Crippen LogP contribution is -2.01. The predicted molar refractivity (Wildman–Crippen MR) is 70.8 cm³/mol. The molecule has 0 amide bonds. The van der Waals surface area contributed by atoms with E-state index in [1.165, 1.54) is 4.88 Å². The van der Waals surface area contributed by atoms with E-state index in [0.717, 1.165) is 29.0 Å². The van der Waals surface area contributed by atoms with E-state index in [2.05, 4.69) is 49.6 Å². The highest BCUT2D eigenvalue weighted by molar-refractivity contribution is 9.10. The van der Waals surface area contributed by atoms with Crippen LogP contribution in [0.4, 0.5) is 5.82 Å². The van der Waals surface area contributed by atoms with Gasteiger partial charge >= 0.3 is 0 Å². The van der Waals surface area contributed by atoms with E-state index >= 15 is 0 Å². The normalized spacial score (nSPS) is 10.4. The van der Waals surface area contributed by atoms with Gasteiger partial charge in [-0.25, -0.2) is 9.97 Å². The van der Waals surface area contributed by atoms with E-state index in [1.54, 1.807) is 17.7 Å². The third-order valence-electron chi connectivity index (χ3n) is 2.21. The standard InChI is InChI=1S/C11H12BrN3S/c1-2-8-5-11(15-7-14-8)13-6-10-9(12)3-4-16-10/h3-5,7H,2,6H2,1H3,(H,13,14,15). The number of anilines is 1. The van der Waals surface area contributed by atoms with E-state index in [9.17, 15) is 0 Å². The van der Waals surface area contributed by atoms with Crippen molar-refractivity contribution in [3.05, 3.63) is 38.9 Å². The summed E-state index contributed by atoms with van der Waals surface area (Å²) in [7, 11) is 0. The molecular formula is C11H12BrN3S. The summed E-state index contributed by atoms with van der Waals surface area (Å²) in [6.07, 6.45) is 2.53. The fourth-order valence-electron chi connectivity index (χ4n) is 1.31. The molecule has 0 aromatic carbocycles. The molecule has 0 atom stereocenters. The van der Waals surface area contributed by atoms with Crippen molar-refractivity contribution >= 4 is 33.1 Å². The molecule has 0 saturated heterocycles. The molecule has 16 heavy (non-hydrogen) atoms. The van der Waals surface area contributed by atoms with Gasteiger partial charge < -0.3 is 5.32 Å². The second kappa shape index (κ2) is 5.41. The molecule has 1 N–H and O–H groups in total. The molecule has 2 heterocycles. The molecule has 0 saturated carbocycles. The van der Waals surface area contributed by atoms with Crippen LogP contribution in [0.2, 0.25) is 0 Å². The Hall–Kier alpha value is -0.940. The highest BCUT2D eigenvalue weighted by Crippen LogP contribution is 2.23. The molecule has 84 valence electrons. The second-order valence-corrected chi connectivity index (χ2v) is 5.15. The predicted octanol–water partition coefficient (Wildman–Crippen LogP) is 3.48. The summed E-state index contributed by atoms with van der Waals surface area (Å²) in [4.78, 5) is 9.62. The van der Waals surface area contributed by atoms with Crippen LogP contribution in [0.15, 0.2) is 28.3 Å². The lowest BCUT2D eigenvalue weighted by atomic mass is 10.3. The van der Waals surface area contributed by atoms with Crippen LogP contribution in [0.3, 0.4) is 0 Å². The molecular weight excluding hydrogens is 286 g/mol. The maximum Gasteiger partial charge on any atom is 0.129 e. The summed E-state index contributed by atoms with van der Waals surface area (Å²) in [5.41, 5.74) is 1.06. The van der Waals surface area contributed by atoms with Gasteiger partial charge in [0.05, 0.1) is 6.54 Å². The fraction of sp³-hybridized carbons (Fsp3) is 0.273. The number of aromatic nitrogens is 2. The van der Waals surface area contributed by atoms with E-state index in [1.807, 2.05) is 6.07 Å². The van der Waals surface area contributed by atoms with Gasteiger partial charge in [0.25, 0.3) is 0 Å². The topological polar surface area (TPSA) is 37.8 Å². The molecule has 2 aromatic heterocycles. The minimum Gasteiger partial charge on any atom is -0.365 e. The Morgan fingerprint density at radius 2 is 2.31 bits per heavy atom. The van der Waals surface area contributed by atoms with Gasteiger partial charge in [0, 0.05) is 21.1 Å². The Balaban J connectivity index is 2.02. The van der Waals surface area contributed by atoms with Crippen LogP contribution in [0.5, 0.6) is 0 Å². The minimum atomic E-state index is 0.790. The molecule has 0 bridgehead atoms. The highest BCUT2D eigenvalue weighted by atomic mass is 79.9. The third-order valence-corrected chi connectivity index (χ3v) is 4.13. The van der Waals surface area contributed by atoms with Crippen LogP contribution in [0.1, 0.15) is 17.5 Å². The zero-order chi connectivity index (χ0) is 11.4. The number of hydrogen-bond donors (Lipinski definition) is 1. The molecule has 0 fully saturated rings. The molecule has 0 aliphatic rings. The molecule has 0 aliphatic heterocycles. The smallest absolute Gasteiger partial charge is 0.129 e. The lowest BCUT2D eigenvalue weighted by Gasteiger charge is -2.05. The van der Waals surface area contributed by atoms with Crippen molar-refractivity contribution in [1.29, 1.82) is 0 Å². The summed E-state index contributed by atoms with van der Waals surface area (Å²) in [5, 5.41) is 5.36. The van der Waals surface area contributed by atoms with Crippen LogP contribution < -0.4 is 5.32 Å². The van der Waals surface area contributed by atoms with E-state index in [-0.39, 0.29) is 0 Å². The molecule has 0 aliphatic carbocycles. The van der Waals surface area contributed by atoms with Crippen molar-refractivity contribution in [3.63, 3.8) is 0 Å². The molecule has 0 radical (unpaired) electrons. The van der Waals surface area contributed by atoms with Crippen LogP contribution in [-0.4, -0.2) is 9.97 Å². The van der Waals surface area contributed by atoms with Gasteiger partial charge in [-0.1, -0.05) is 6.92 Å². The minimum absolute atomic E-state index is 0.790. The number of rotatable bonds is 4. The van der Waals surface area contributed by atoms with Gasteiger partial charge in [0.1, 0.15) is 12.1 Å². The van der Waals surface area contributed by atoms with Crippen molar-refractivity contribution < 1.29 is 0 Å². The zero-order valence-corrected chi connectivity index (χ0v) is 11.3. The first-order valence-corrected chi connectivity index (χ1v) is 6.73. The Bertz CT molecular complexity index is 470. The van der Waals surface area contributed by atoms with Gasteiger partial charge in [-0.15, -0.1) is 11.3 Å². The summed E-state index contributed by atoms with van der Waals surface area (Å²) < 4.78 is 1.15. The van der Waals surface area contributed by atoms with Crippen LogP contribution in [0, 0.1) is 0 Å². The van der Waals surface area contributed by atoms with Gasteiger partial charge in [0.15, 0.2) is 0 Å². The first-order valence-electron chi connectivity index (χ1n) is 5.06. The van der Waals surface area contributed by atoms with Crippen molar-refractivity contribution in [2.45, 2.75) is 19.9 Å². The first kappa shape index (κ1) is 11.5. The van der Waals surface area contributed by atoms with Crippen molar-refractivity contribution in [2.24, 2.45) is 0 Å². The first-order chi connectivity index (χ1) is 7.79. The lowest BCUT2D eigenvalue weighted by molar-refractivity contribution is 0.989. The van der Waals surface area contributed by atoms with Crippen LogP contribution in [0.25, 0.3) is 0 Å². The summed E-state index contributed by atoms with van der Waals surface area (Å²) in [6.45, 7) is 2.88. The average Bonchev–Trinajstić information content (AvgIpc) is 2.72. The summed E-state index contributed by atoms with van der Waals surface area (Å²) >= 11 is 5.23. The third kappa shape index (κ3) is 2.80. The van der Waals surface area contributed by atoms with Crippen molar-refractivity contribution in [1.82, 2.24) is 9.97 Å². The fourth-order valence-corrected chi connectivity index (χ4v) is 2.74. The molecule has 2 aromatic rings. The van der Waals surface area contributed by atoms with Crippen molar-refractivity contribution in [2.75, 3.05) is 5.32 Å². The highest BCUT2D eigenvalue weighted by Gasteiger charge is 2.02. The van der Waals surface area contributed by atoms with E-state index in [4.69, 9.17) is 0 Å². The summed E-state index contributed by atoms with van der Waals surface area (Å²) in [6, 6.07) is 4.04.